The minimum Gasteiger partial charge on any atom is -0.493 e. The Balaban J connectivity index is 1.33. The van der Waals surface area contributed by atoms with Gasteiger partial charge in [0.2, 0.25) is 5.88 Å². The molecule has 0 unspecified atom stereocenters. The van der Waals surface area contributed by atoms with E-state index < -0.39 is 23.7 Å². The molecule has 5 aromatic carbocycles. The number of rotatable bonds is 10. The summed E-state index contributed by atoms with van der Waals surface area (Å²) in [6, 6.07) is 29.1. The van der Waals surface area contributed by atoms with E-state index >= 15 is 0 Å². The van der Waals surface area contributed by atoms with E-state index in [4.69, 9.17) is 14.2 Å². The Morgan fingerprint density at radius 1 is 0.804 bits per heavy atom. The molecule has 1 heterocycles. The van der Waals surface area contributed by atoms with Crippen LogP contribution in [0.5, 0.6) is 17.4 Å². The van der Waals surface area contributed by atoms with Crippen LogP contribution in [0.2, 0.25) is 0 Å². The Bertz CT molecular complexity index is 2030. The van der Waals surface area contributed by atoms with Gasteiger partial charge in [-0.05, 0) is 65.4 Å². The van der Waals surface area contributed by atoms with E-state index in [9.17, 15) is 27.5 Å². The molecule has 0 aliphatic rings. The Kier molecular flexibility index (Phi) is 8.52. The zero-order valence-electron chi connectivity index (χ0n) is 24.3. The lowest BCUT2D eigenvalue weighted by atomic mass is 9.99. The lowest BCUT2D eigenvalue weighted by molar-refractivity contribution is -0.137. The molecule has 6 nitrogen and oxygen atoms in total. The Hall–Kier alpha value is -5.51. The van der Waals surface area contributed by atoms with Gasteiger partial charge in [0.1, 0.15) is 23.9 Å². The normalized spacial score (nSPS) is 11.6. The van der Waals surface area contributed by atoms with E-state index in [-0.39, 0.29) is 24.8 Å². The number of carbonyl (C=O) groups is 1. The van der Waals surface area contributed by atoms with E-state index in [2.05, 4.69) is 0 Å². The summed E-state index contributed by atoms with van der Waals surface area (Å²) in [6.45, 7) is 0.432. The summed E-state index contributed by atoms with van der Waals surface area (Å²) >= 11 is 0. The molecule has 0 bridgehead atoms. The Morgan fingerprint density at radius 2 is 1.57 bits per heavy atom. The van der Waals surface area contributed by atoms with E-state index in [0.29, 0.717) is 40.6 Å². The van der Waals surface area contributed by atoms with Crippen molar-refractivity contribution in [2.24, 2.45) is 0 Å². The fourth-order valence-corrected chi connectivity index (χ4v) is 5.51. The smallest absolute Gasteiger partial charge is 0.493 e. The highest BCUT2D eigenvalue weighted by Gasteiger charge is 2.31. The van der Waals surface area contributed by atoms with Gasteiger partial charge in [-0.15, -0.1) is 0 Å². The quantitative estimate of drug-likeness (QED) is 0.0928. The van der Waals surface area contributed by atoms with Crippen LogP contribution in [-0.4, -0.2) is 22.4 Å². The fraction of sp³-hybridized carbons (Fsp3) is 0.139. The largest absolute Gasteiger partial charge is 0.512 e. The number of carboxylic acid groups (broad SMARTS) is 1. The zero-order chi connectivity index (χ0) is 32.3. The molecule has 0 aliphatic carbocycles. The van der Waals surface area contributed by atoms with Crippen molar-refractivity contribution in [1.29, 1.82) is 0 Å². The number of hydrogen-bond donors (Lipinski definition) is 1. The van der Waals surface area contributed by atoms with Gasteiger partial charge in [-0.3, -0.25) is 0 Å². The minimum absolute atomic E-state index is 0.00584. The van der Waals surface area contributed by atoms with Crippen molar-refractivity contribution in [2.45, 2.75) is 25.7 Å². The molecule has 0 fully saturated rings. The lowest BCUT2D eigenvalue weighted by Gasteiger charge is -2.15. The molecule has 6 aromatic rings. The van der Waals surface area contributed by atoms with Crippen molar-refractivity contribution in [3.8, 4) is 28.5 Å². The lowest BCUT2D eigenvalue weighted by Crippen LogP contribution is -2.11. The molecule has 10 heteroatoms. The average molecular weight is 630 g/mol. The number of aryl methyl sites for hydroxylation is 1. The molecule has 0 saturated heterocycles. The van der Waals surface area contributed by atoms with Crippen molar-refractivity contribution in [3.05, 3.63) is 126 Å². The third-order valence-corrected chi connectivity index (χ3v) is 7.54. The summed E-state index contributed by atoms with van der Waals surface area (Å²) in [5.41, 5.74) is 1.00. The predicted molar refractivity (Wildman–Crippen MR) is 166 cm³/mol. The van der Waals surface area contributed by atoms with Gasteiger partial charge >= 0.3 is 12.3 Å². The summed E-state index contributed by atoms with van der Waals surface area (Å²) in [6.07, 6.45) is -5.64. The highest BCUT2D eigenvalue weighted by atomic mass is 19.4. The molecule has 0 spiro atoms. The van der Waals surface area contributed by atoms with Crippen LogP contribution >= 0.6 is 0 Å². The van der Waals surface area contributed by atoms with E-state index in [1.54, 1.807) is 34.9 Å². The summed E-state index contributed by atoms with van der Waals surface area (Å²) in [5, 5.41) is 12.1. The van der Waals surface area contributed by atoms with Crippen molar-refractivity contribution < 1.29 is 41.7 Å². The van der Waals surface area contributed by atoms with Crippen molar-refractivity contribution >= 4 is 27.8 Å². The third kappa shape index (κ3) is 6.46. The molecule has 0 atom stereocenters. The van der Waals surface area contributed by atoms with E-state index in [1.165, 1.54) is 24.3 Å². The monoisotopic (exact) mass is 629 g/mol. The van der Waals surface area contributed by atoms with Crippen LogP contribution in [0.25, 0.3) is 32.8 Å². The summed E-state index contributed by atoms with van der Waals surface area (Å²) in [7, 11) is 0. The van der Waals surface area contributed by atoms with Gasteiger partial charge in [-0.25, -0.2) is 9.18 Å². The van der Waals surface area contributed by atoms with E-state index in [0.717, 1.165) is 28.7 Å². The number of fused-ring (bicyclic) bond motifs is 2. The first-order chi connectivity index (χ1) is 22.2. The van der Waals surface area contributed by atoms with Gasteiger partial charge in [0, 0.05) is 17.3 Å². The number of halogens is 4. The fourth-order valence-electron chi connectivity index (χ4n) is 5.51. The van der Waals surface area contributed by atoms with Crippen LogP contribution in [0, 0.1) is 5.82 Å². The highest BCUT2D eigenvalue weighted by molar-refractivity contribution is 6.01. The third-order valence-electron chi connectivity index (χ3n) is 7.54. The zero-order valence-corrected chi connectivity index (χ0v) is 24.3. The number of aromatic nitrogens is 1. The molecule has 0 aliphatic heterocycles. The second kappa shape index (κ2) is 12.8. The van der Waals surface area contributed by atoms with E-state index in [1.807, 2.05) is 42.5 Å². The number of nitrogens with zero attached hydrogens (tertiary/aromatic N) is 1. The number of benzene rings is 5. The number of ether oxygens (including phenoxy) is 3. The standard InChI is InChI=1S/C36H27F4NO5/c37-26-16-17-31-30(21-26)33(29-14-4-2-9-24(29)22-45-27-12-6-11-25(20-27)36(38,39)40)34(46-35(42)43)41(31)18-7-19-44-32-15-5-10-23-8-1-3-13-28(23)32/h1-6,8-17,20-21H,7,18-19,22H2,(H,42,43). The number of hydrogen-bond acceptors (Lipinski definition) is 4. The van der Waals surface area contributed by atoms with Crippen LogP contribution in [0.3, 0.4) is 0 Å². The maximum Gasteiger partial charge on any atom is 0.512 e. The van der Waals surface area contributed by atoms with Gasteiger partial charge in [0.15, 0.2) is 0 Å². The summed E-state index contributed by atoms with van der Waals surface area (Å²) < 4.78 is 73.3. The molecule has 0 amide bonds. The first-order valence-corrected chi connectivity index (χ1v) is 14.4. The maximum absolute atomic E-state index is 14.7. The maximum atomic E-state index is 14.7. The highest BCUT2D eigenvalue weighted by Crippen LogP contribution is 2.43. The molecule has 234 valence electrons. The molecule has 1 aromatic heterocycles. The topological polar surface area (TPSA) is 69.9 Å². The average Bonchev–Trinajstić information content (AvgIpc) is 3.32. The second-order valence-electron chi connectivity index (χ2n) is 10.5. The molecule has 0 radical (unpaired) electrons. The van der Waals surface area contributed by atoms with Gasteiger partial charge in [-0.2, -0.15) is 13.2 Å². The molecule has 46 heavy (non-hydrogen) atoms. The number of alkyl halides is 3. The van der Waals surface area contributed by atoms with Crippen LogP contribution in [0.15, 0.2) is 109 Å². The SMILES string of the molecule is O=C(O)Oc1c(-c2ccccc2COc2cccc(C(F)(F)F)c2)c2cc(F)ccc2n1CCCOc1cccc2ccccc12. The van der Waals surface area contributed by atoms with Crippen LogP contribution in [-0.2, 0) is 19.3 Å². The first-order valence-electron chi connectivity index (χ1n) is 14.4. The second-order valence-corrected chi connectivity index (χ2v) is 10.5. The van der Waals surface area contributed by atoms with Crippen molar-refractivity contribution in [1.82, 2.24) is 4.57 Å². The van der Waals surface area contributed by atoms with Crippen molar-refractivity contribution in [3.63, 3.8) is 0 Å². The van der Waals surface area contributed by atoms with Gasteiger partial charge in [0.25, 0.3) is 0 Å². The summed E-state index contributed by atoms with van der Waals surface area (Å²) in [4.78, 5) is 11.9. The Morgan fingerprint density at radius 3 is 2.39 bits per heavy atom. The minimum atomic E-state index is -4.54. The summed E-state index contributed by atoms with van der Waals surface area (Å²) in [5.74, 6) is 0.163. The van der Waals surface area contributed by atoms with Gasteiger partial charge < -0.3 is 23.9 Å². The van der Waals surface area contributed by atoms with Crippen LogP contribution < -0.4 is 14.2 Å². The Labute approximate surface area is 261 Å². The van der Waals surface area contributed by atoms with Gasteiger partial charge in [-0.1, -0.05) is 66.7 Å². The molecular formula is C36H27F4NO5. The molecule has 6 rings (SSSR count). The van der Waals surface area contributed by atoms with Crippen LogP contribution in [0.1, 0.15) is 17.5 Å². The van der Waals surface area contributed by atoms with Crippen molar-refractivity contribution in [2.75, 3.05) is 6.61 Å². The first kappa shape index (κ1) is 30.5. The molecular weight excluding hydrogens is 602 g/mol. The molecule has 0 saturated carbocycles. The predicted octanol–water partition coefficient (Wildman–Crippen LogP) is 9.72. The van der Waals surface area contributed by atoms with Crippen LogP contribution in [0.4, 0.5) is 22.4 Å². The molecule has 1 N–H and O–H groups in total. The van der Waals surface area contributed by atoms with Gasteiger partial charge in [0.05, 0.1) is 23.3 Å².